The lowest BCUT2D eigenvalue weighted by atomic mass is 9.83. The first-order valence-corrected chi connectivity index (χ1v) is 10.8. The quantitative estimate of drug-likeness (QED) is 0.798. The van der Waals surface area contributed by atoms with E-state index in [1.54, 1.807) is 0 Å². The molecule has 5 heteroatoms. The maximum atomic E-state index is 11.3. The van der Waals surface area contributed by atoms with E-state index in [0.29, 0.717) is 5.92 Å². The van der Waals surface area contributed by atoms with E-state index in [9.17, 15) is 4.79 Å². The Bertz CT molecular complexity index is 771. The van der Waals surface area contributed by atoms with Gasteiger partial charge in [0.1, 0.15) is 12.2 Å². The van der Waals surface area contributed by atoms with Gasteiger partial charge in [-0.1, -0.05) is 18.2 Å². The number of aliphatic hydroxyl groups is 1. The second kappa shape index (κ2) is 9.10. The molecule has 0 atom stereocenters. The van der Waals surface area contributed by atoms with Crippen LogP contribution >= 0.6 is 0 Å². The zero-order valence-electron chi connectivity index (χ0n) is 16.6. The number of amides is 1. The molecule has 1 aliphatic heterocycles. The Morgan fingerprint density at radius 1 is 1.11 bits per heavy atom. The standard InChI is InChI=1S/C23H32N2O3/c26-15-23(27)24-19-7-5-17(6-8-19)9-12-25-13-10-18(11-14-25)21-16-28-22-4-2-1-3-20(21)22/h1-4,16-19,26H,5-15H2,(H,24,27)/t17-,19-. The molecule has 0 spiro atoms. The fourth-order valence-electron chi connectivity index (χ4n) is 5.02. The van der Waals surface area contributed by atoms with Crippen LogP contribution < -0.4 is 5.32 Å². The third-order valence-corrected chi connectivity index (χ3v) is 6.75. The predicted molar refractivity (Wildman–Crippen MR) is 110 cm³/mol. The molecule has 1 amide bonds. The summed E-state index contributed by atoms with van der Waals surface area (Å²) >= 11 is 0. The van der Waals surface area contributed by atoms with E-state index in [-0.39, 0.29) is 11.9 Å². The van der Waals surface area contributed by atoms with Gasteiger partial charge < -0.3 is 19.7 Å². The Balaban J connectivity index is 1.19. The first-order chi connectivity index (χ1) is 13.7. The molecule has 1 aliphatic carbocycles. The number of furan rings is 1. The first-order valence-electron chi connectivity index (χ1n) is 10.8. The molecule has 2 heterocycles. The van der Waals surface area contributed by atoms with Gasteiger partial charge in [0.05, 0.1) is 6.26 Å². The predicted octanol–water partition coefficient (Wildman–Crippen LogP) is 3.67. The summed E-state index contributed by atoms with van der Waals surface area (Å²) in [5, 5.41) is 13.1. The zero-order chi connectivity index (χ0) is 19.3. The lowest BCUT2D eigenvalue weighted by Crippen LogP contribution is -2.39. The number of para-hydroxylation sites is 1. The summed E-state index contributed by atoms with van der Waals surface area (Å²) in [5.41, 5.74) is 2.39. The lowest BCUT2D eigenvalue weighted by molar-refractivity contribution is -0.124. The van der Waals surface area contributed by atoms with Crippen LogP contribution in [0.3, 0.4) is 0 Å². The van der Waals surface area contributed by atoms with E-state index in [1.165, 1.54) is 62.7 Å². The number of fused-ring (bicyclic) bond motifs is 1. The number of nitrogens with one attached hydrogen (secondary N) is 1. The summed E-state index contributed by atoms with van der Waals surface area (Å²) in [4.78, 5) is 13.9. The molecule has 4 rings (SSSR count). The number of rotatable bonds is 6. The zero-order valence-corrected chi connectivity index (χ0v) is 16.6. The highest BCUT2D eigenvalue weighted by atomic mass is 16.3. The van der Waals surface area contributed by atoms with Crippen molar-refractivity contribution in [3.63, 3.8) is 0 Å². The van der Waals surface area contributed by atoms with Crippen LogP contribution in [-0.4, -0.2) is 48.2 Å². The number of hydrogen-bond acceptors (Lipinski definition) is 4. The molecule has 1 aromatic heterocycles. The highest BCUT2D eigenvalue weighted by Gasteiger charge is 2.26. The molecular weight excluding hydrogens is 352 g/mol. The highest BCUT2D eigenvalue weighted by Crippen LogP contribution is 2.35. The minimum Gasteiger partial charge on any atom is -0.464 e. The number of hydrogen-bond donors (Lipinski definition) is 2. The molecule has 2 aliphatic rings. The topological polar surface area (TPSA) is 65.7 Å². The number of carbonyl (C=O) groups is 1. The molecule has 2 aromatic rings. The molecule has 0 radical (unpaired) electrons. The van der Waals surface area contributed by atoms with Crippen LogP contribution in [0.1, 0.15) is 56.4 Å². The van der Waals surface area contributed by atoms with Gasteiger partial charge in [0.15, 0.2) is 0 Å². The van der Waals surface area contributed by atoms with Gasteiger partial charge in [-0.15, -0.1) is 0 Å². The van der Waals surface area contributed by atoms with Crippen LogP contribution in [0.5, 0.6) is 0 Å². The van der Waals surface area contributed by atoms with Crippen molar-refractivity contribution in [2.75, 3.05) is 26.2 Å². The Morgan fingerprint density at radius 3 is 2.61 bits per heavy atom. The highest BCUT2D eigenvalue weighted by molar-refractivity contribution is 5.81. The maximum Gasteiger partial charge on any atom is 0.245 e. The maximum absolute atomic E-state index is 11.3. The van der Waals surface area contributed by atoms with Gasteiger partial charge in [0, 0.05) is 17.0 Å². The van der Waals surface area contributed by atoms with Crippen LogP contribution in [-0.2, 0) is 4.79 Å². The van der Waals surface area contributed by atoms with Gasteiger partial charge in [0.2, 0.25) is 5.91 Å². The number of carbonyl (C=O) groups excluding carboxylic acids is 1. The van der Waals surface area contributed by atoms with Crippen LogP contribution in [0.15, 0.2) is 34.9 Å². The van der Waals surface area contributed by atoms with Crippen molar-refractivity contribution in [1.82, 2.24) is 10.2 Å². The van der Waals surface area contributed by atoms with Gasteiger partial charge in [-0.25, -0.2) is 0 Å². The Labute approximate surface area is 167 Å². The van der Waals surface area contributed by atoms with Crippen molar-refractivity contribution in [3.8, 4) is 0 Å². The van der Waals surface area contributed by atoms with Crippen LogP contribution in [0.25, 0.3) is 11.0 Å². The molecule has 1 saturated heterocycles. The minimum atomic E-state index is -0.398. The Morgan fingerprint density at radius 2 is 1.86 bits per heavy atom. The molecule has 0 bridgehead atoms. The largest absolute Gasteiger partial charge is 0.464 e. The summed E-state index contributed by atoms with van der Waals surface area (Å²) in [5.74, 6) is 1.15. The number of likely N-dealkylation sites (tertiary alicyclic amines) is 1. The minimum absolute atomic E-state index is 0.239. The second-order valence-corrected chi connectivity index (χ2v) is 8.54. The molecular formula is C23H32N2O3. The van der Waals surface area contributed by atoms with Crippen LogP contribution in [0, 0.1) is 5.92 Å². The van der Waals surface area contributed by atoms with Gasteiger partial charge in [-0.2, -0.15) is 0 Å². The first kappa shape index (κ1) is 19.5. The molecule has 2 N–H and O–H groups in total. The van der Waals surface area contributed by atoms with E-state index >= 15 is 0 Å². The summed E-state index contributed by atoms with van der Waals surface area (Å²) in [7, 11) is 0. The number of aliphatic hydroxyl groups excluding tert-OH is 1. The lowest BCUT2D eigenvalue weighted by Gasteiger charge is -2.34. The summed E-state index contributed by atoms with van der Waals surface area (Å²) < 4.78 is 5.74. The van der Waals surface area contributed by atoms with Crippen molar-refractivity contribution in [3.05, 3.63) is 36.1 Å². The van der Waals surface area contributed by atoms with E-state index in [1.807, 2.05) is 12.3 Å². The Kier molecular flexibility index (Phi) is 6.33. The van der Waals surface area contributed by atoms with E-state index in [0.717, 1.165) is 24.3 Å². The summed E-state index contributed by atoms with van der Waals surface area (Å²) in [6, 6.07) is 8.63. The van der Waals surface area contributed by atoms with Gasteiger partial charge in [0.25, 0.3) is 0 Å². The van der Waals surface area contributed by atoms with Gasteiger partial charge in [-0.05, 0) is 82.5 Å². The molecule has 152 valence electrons. The van der Waals surface area contributed by atoms with Crippen molar-refractivity contribution >= 4 is 16.9 Å². The third-order valence-electron chi connectivity index (χ3n) is 6.75. The normalized spacial score (nSPS) is 24.5. The average Bonchev–Trinajstić information content (AvgIpc) is 3.18. The van der Waals surface area contributed by atoms with E-state index < -0.39 is 6.61 Å². The van der Waals surface area contributed by atoms with Gasteiger partial charge >= 0.3 is 0 Å². The second-order valence-electron chi connectivity index (χ2n) is 8.54. The molecule has 28 heavy (non-hydrogen) atoms. The fourth-order valence-corrected chi connectivity index (χ4v) is 5.02. The SMILES string of the molecule is O=C(CO)N[C@H]1CC[C@H](CCN2CCC(c3coc4ccccc34)CC2)CC1. The average molecular weight is 385 g/mol. The van der Waals surface area contributed by atoms with Crippen LogP contribution in [0.2, 0.25) is 0 Å². The van der Waals surface area contributed by atoms with E-state index in [4.69, 9.17) is 9.52 Å². The van der Waals surface area contributed by atoms with Crippen molar-refractivity contribution in [1.29, 1.82) is 0 Å². The van der Waals surface area contributed by atoms with Crippen LogP contribution in [0.4, 0.5) is 0 Å². The molecule has 0 unspecified atom stereocenters. The number of benzene rings is 1. The smallest absolute Gasteiger partial charge is 0.245 e. The number of nitrogens with zero attached hydrogens (tertiary/aromatic N) is 1. The van der Waals surface area contributed by atoms with Crippen molar-refractivity contribution < 1.29 is 14.3 Å². The summed E-state index contributed by atoms with van der Waals surface area (Å²) in [6.45, 7) is 3.14. The monoisotopic (exact) mass is 384 g/mol. The third kappa shape index (κ3) is 4.58. The molecule has 5 nitrogen and oxygen atoms in total. The Hall–Kier alpha value is -1.85. The fraction of sp³-hybridized carbons (Fsp3) is 0.609. The van der Waals surface area contributed by atoms with E-state index in [2.05, 4.69) is 28.4 Å². The van der Waals surface area contributed by atoms with Crippen molar-refractivity contribution in [2.45, 2.75) is 56.9 Å². The molecule has 2 fully saturated rings. The van der Waals surface area contributed by atoms with Crippen molar-refractivity contribution in [2.24, 2.45) is 5.92 Å². The van der Waals surface area contributed by atoms with Gasteiger partial charge in [-0.3, -0.25) is 4.79 Å². The summed E-state index contributed by atoms with van der Waals surface area (Å²) in [6.07, 6.45) is 10.1. The molecule has 1 saturated carbocycles. The molecule has 1 aromatic carbocycles. The number of piperidine rings is 1.